The van der Waals surface area contributed by atoms with Crippen molar-refractivity contribution < 1.29 is 13.6 Å². The van der Waals surface area contributed by atoms with Crippen LogP contribution in [0.4, 0.5) is 20.2 Å². The number of benzene rings is 2. The summed E-state index contributed by atoms with van der Waals surface area (Å²) in [5.41, 5.74) is 6.98. The largest absolute Gasteiger partial charge is 0.350 e. The summed E-state index contributed by atoms with van der Waals surface area (Å²) in [4.78, 5) is 14.9. The van der Waals surface area contributed by atoms with Crippen LogP contribution in [0.25, 0.3) is 22.0 Å². The molecule has 4 aromatic rings. The summed E-state index contributed by atoms with van der Waals surface area (Å²) < 4.78 is 32.3. The fourth-order valence-electron chi connectivity index (χ4n) is 5.48. The molecular formula is C29H32F2N4O. The first-order valence-electron chi connectivity index (χ1n) is 12.6. The number of hydrogen-bond acceptors (Lipinski definition) is 3. The number of Topliss-reactive ketones (excluding diaryl/α,β-unsaturated/α-hetero) is 1. The van der Waals surface area contributed by atoms with Crippen molar-refractivity contribution in [3.05, 3.63) is 65.1 Å². The zero-order valence-corrected chi connectivity index (χ0v) is 21.5. The Morgan fingerprint density at radius 2 is 1.86 bits per heavy atom. The summed E-state index contributed by atoms with van der Waals surface area (Å²) in [5, 5.41) is 5.12. The van der Waals surface area contributed by atoms with Gasteiger partial charge in [0.05, 0.1) is 11.7 Å². The number of anilines is 2. The summed E-state index contributed by atoms with van der Waals surface area (Å²) in [6.45, 7) is 6.90. The van der Waals surface area contributed by atoms with Gasteiger partial charge in [0, 0.05) is 72.9 Å². The maximum Gasteiger partial charge on any atom is 0.264 e. The molecule has 0 saturated carbocycles. The van der Waals surface area contributed by atoms with Crippen LogP contribution in [0.15, 0.2) is 42.9 Å². The van der Waals surface area contributed by atoms with Gasteiger partial charge in [0.25, 0.3) is 6.43 Å². The van der Waals surface area contributed by atoms with E-state index >= 15 is 0 Å². The lowest BCUT2D eigenvalue weighted by atomic mass is 9.92. The first kappa shape index (κ1) is 24.2. The Morgan fingerprint density at radius 1 is 1.08 bits per heavy atom. The van der Waals surface area contributed by atoms with E-state index in [1.165, 1.54) is 0 Å². The molecule has 5 rings (SSSR count). The smallest absolute Gasteiger partial charge is 0.264 e. The minimum Gasteiger partial charge on any atom is -0.350 e. The molecule has 0 bridgehead atoms. The molecule has 0 atom stereocenters. The number of aromatic nitrogens is 3. The van der Waals surface area contributed by atoms with Gasteiger partial charge in [-0.1, -0.05) is 20.8 Å². The predicted octanol–water partition coefficient (Wildman–Crippen LogP) is 7.32. The monoisotopic (exact) mass is 490 g/mol. The average Bonchev–Trinajstić information content (AvgIpc) is 3.44. The van der Waals surface area contributed by atoms with Crippen molar-refractivity contribution in [2.45, 2.75) is 52.4 Å². The Balaban J connectivity index is 1.71. The van der Waals surface area contributed by atoms with Crippen LogP contribution in [0.2, 0.25) is 0 Å². The molecule has 0 radical (unpaired) electrons. The van der Waals surface area contributed by atoms with Crippen LogP contribution < -0.4 is 4.90 Å². The topological polar surface area (TPSA) is 43.1 Å². The average molecular weight is 491 g/mol. The number of alkyl halides is 2. The van der Waals surface area contributed by atoms with Crippen LogP contribution in [0.1, 0.15) is 73.0 Å². The fraction of sp³-hybridized carbons (Fsp3) is 0.379. The number of nitrogens with zero attached hydrogens (tertiary/aromatic N) is 4. The molecule has 2 aromatic heterocycles. The minimum atomic E-state index is -2.61. The van der Waals surface area contributed by atoms with Crippen molar-refractivity contribution in [1.82, 2.24) is 14.3 Å². The molecular weight excluding hydrogens is 458 g/mol. The molecule has 36 heavy (non-hydrogen) atoms. The predicted molar refractivity (Wildman–Crippen MR) is 141 cm³/mol. The van der Waals surface area contributed by atoms with E-state index < -0.39 is 6.43 Å². The Hall–Kier alpha value is -3.48. The van der Waals surface area contributed by atoms with Gasteiger partial charge in [-0.05, 0) is 59.7 Å². The van der Waals surface area contributed by atoms with Gasteiger partial charge in [-0.25, -0.2) is 8.78 Å². The first-order valence-corrected chi connectivity index (χ1v) is 12.6. The van der Waals surface area contributed by atoms with E-state index in [4.69, 9.17) is 0 Å². The molecule has 0 amide bonds. The van der Waals surface area contributed by atoms with Gasteiger partial charge in [0.1, 0.15) is 0 Å². The number of aryl methyl sites for hydroxylation is 3. The Bertz CT molecular complexity index is 1460. The van der Waals surface area contributed by atoms with Crippen LogP contribution in [0.3, 0.4) is 0 Å². The molecule has 0 unspecified atom stereocenters. The normalized spacial score (nSPS) is 13.8. The van der Waals surface area contributed by atoms with Crippen LogP contribution in [0, 0.1) is 0 Å². The Labute approximate surface area is 210 Å². The maximum absolute atomic E-state index is 14.3. The second kappa shape index (κ2) is 9.19. The van der Waals surface area contributed by atoms with Gasteiger partial charge in [0.2, 0.25) is 0 Å². The lowest BCUT2D eigenvalue weighted by Gasteiger charge is -2.33. The van der Waals surface area contributed by atoms with Crippen LogP contribution >= 0.6 is 0 Å². The third-order valence-electron chi connectivity index (χ3n) is 7.27. The van der Waals surface area contributed by atoms with Crippen molar-refractivity contribution >= 4 is 28.1 Å². The highest BCUT2D eigenvalue weighted by molar-refractivity contribution is 6.09. The molecule has 5 nitrogen and oxygen atoms in total. The third-order valence-corrected chi connectivity index (χ3v) is 7.27. The van der Waals surface area contributed by atoms with Gasteiger partial charge < -0.3 is 9.47 Å². The summed E-state index contributed by atoms with van der Waals surface area (Å²) in [6.07, 6.45) is 4.90. The highest BCUT2D eigenvalue weighted by Crippen LogP contribution is 2.43. The van der Waals surface area contributed by atoms with Crippen LogP contribution in [-0.2, 0) is 20.5 Å². The maximum atomic E-state index is 14.3. The number of fused-ring (bicyclic) bond motifs is 2. The van der Waals surface area contributed by atoms with E-state index in [0.29, 0.717) is 17.5 Å². The Morgan fingerprint density at radius 3 is 2.50 bits per heavy atom. The van der Waals surface area contributed by atoms with Gasteiger partial charge in [0.15, 0.2) is 5.78 Å². The van der Waals surface area contributed by atoms with E-state index in [1.54, 1.807) is 30.2 Å². The molecule has 2 aromatic carbocycles. The van der Waals surface area contributed by atoms with Gasteiger partial charge in [-0.2, -0.15) is 5.10 Å². The number of carbonyl (C=O) groups excluding carboxylic acids is 1. The second-order valence-corrected chi connectivity index (χ2v) is 10.0. The van der Waals surface area contributed by atoms with Gasteiger partial charge in [-0.15, -0.1) is 0 Å². The van der Waals surface area contributed by atoms with E-state index in [-0.39, 0.29) is 17.3 Å². The summed E-state index contributed by atoms with van der Waals surface area (Å²) in [6, 6.07) is 7.80. The standard InChI is InChI=1S/C29H32F2N4O/c1-6-27(36)25-16-33(4)28-21(17(2)3)11-20(12-23(25)28)35-9-7-8-18-10-22(19-14-32-34(5)15-19)24(29(30)31)13-26(18)35/h10-17,29H,6-9H2,1-5H3. The molecule has 0 aliphatic carbocycles. The van der Waals surface area contributed by atoms with Crippen LogP contribution in [0.5, 0.6) is 0 Å². The van der Waals surface area contributed by atoms with E-state index in [9.17, 15) is 13.6 Å². The number of ketones is 1. The number of carbonyl (C=O) groups is 1. The zero-order chi connectivity index (χ0) is 25.7. The highest BCUT2D eigenvalue weighted by Gasteiger charge is 2.26. The lowest BCUT2D eigenvalue weighted by molar-refractivity contribution is 0.0989. The quantitative estimate of drug-likeness (QED) is 0.266. The van der Waals surface area contributed by atoms with Crippen molar-refractivity contribution in [2.75, 3.05) is 11.4 Å². The fourth-order valence-corrected chi connectivity index (χ4v) is 5.48. The second-order valence-electron chi connectivity index (χ2n) is 10.0. The van der Waals surface area contributed by atoms with E-state index in [2.05, 4.69) is 36.0 Å². The number of halogens is 2. The first-order chi connectivity index (χ1) is 17.2. The van der Waals surface area contributed by atoms with Crippen molar-refractivity contribution in [1.29, 1.82) is 0 Å². The molecule has 0 N–H and O–H groups in total. The van der Waals surface area contributed by atoms with E-state index in [0.717, 1.165) is 58.4 Å². The molecule has 1 aliphatic rings. The summed E-state index contributed by atoms with van der Waals surface area (Å²) in [5.74, 6) is 0.340. The van der Waals surface area contributed by atoms with Crippen molar-refractivity contribution in [2.24, 2.45) is 14.1 Å². The SMILES string of the molecule is CCC(=O)c1cn(C)c2c(C(C)C)cc(N3CCCc4cc(-c5cnn(C)c5)c(C(F)F)cc43)cc12. The molecule has 1 aliphatic heterocycles. The lowest BCUT2D eigenvalue weighted by Crippen LogP contribution is -2.25. The van der Waals surface area contributed by atoms with Gasteiger partial charge in [-0.3, -0.25) is 9.48 Å². The molecule has 7 heteroatoms. The van der Waals surface area contributed by atoms with Crippen molar-refractivity contribution in [3.8, 4) is 11.1 Å². The molecule has 0 fully saturated rings. The molecule has 0 saturated heterocycles. The van der Waals surface area contributed by atoms with Gasteiger partial charge >= 0.3 is 0 Å². The molecule has 3 heterocycles. The minimum absolute atomic E-state index is 0.0142. The highest BCUT2D eigenvalue weighted by atomic mass is 19.3. The summed E-state index contributed by atoms with van der Waals surface area (Å²) in [7, 11) is 3.76. The van der Waals surface area contributed by atoms with Crippen molar-refractivity contribution in [3.63, 3.8) is 0 Å². The zero-order valence-electron chi connectivity index (χ0n) is 21.5. The third kappa shape index (κ3) is 4.00. The number of rotatable bonds is 6. The van der Waals surface area contributed by atoms with E-state index in [1.807, 2.05) is 30.8 Å². The Kier molecular flexibility index (Phi) is 6.18. The molecule has 188 valence electrons. The molecule has 0 spiro atoms. The number of hydrogen-bond donors (Lipinski definition) is 0. The summed E-state index contributed by atoms with van der Waals surface area (Å²) >= 11 is 0. The van der Waals surface area contributed by atoms with Crippen LogP contribution in [-0.4, -0.2) is 26.7 Å².